The fraction of sp³-hybridized carbons (Fsp3) is 0.900. The molecule has 0 bridgehead atoms. The molecule has 0 radical (unpaired) electrons. The molecule has 0 atom stereocenters. The Hall–Kier alpha value is -0.180. The number of thiol groups is 1. The predicted molar refractivity (Wildman–Crippen MR) is 58.0 cm³/mol. The standard InChI is InChI=1S/C10H19NOS/c1-8-3-5-9(6-4-8)11(2)10(12)7-13/h8-9,13H,3-7H2,1-2H3. The topological polar surface area (TPSA) is 20.3 Å². The zero-order valence-electron chi connectivity index (χ0n) is 8.49. The highest BCUT2D eigenvalue weighted by molar-refractivity contribution is 7.81. The first-order valence-electron chi connectivity index (χ1n) is 5.01. The highest BCUT2D eigenvalue weighted by Crippen LogP contribution is 2.26. The van der Waals surface area contributed by atoms with Gasteiger partial charge < -0.3 is 4.90 Å². The van der Waals surface area contributed by atoms with Crippen molar-refractivity contribution in [2.75, 3.05) is 12.8 Å². The van der Waals surface area contributed by atoms with E-state index in [1.54, 1.807) is 0 Å². The predicted octanol–water partition coefficient (Wildman–Crippen LogP) is 1.95. The number of rotatable bonds is 2. The third-order valence-corrected chi connectivity index (χ3v) is 3.33. The van der Waals surface area contributed by atoms with Crippen molar-refractivity contribution in [1.82, 2.24) is 4.90 Å². The van der Waals surface area contributed by atoms with E-state index in [1.165, 1.54) is 12.8 Å². The van der Waals surface area contributed by atoms with Crippen LogP contribution in [0.2, 0.25) is 0 Å². The maximum atomic E-state index is 11.3. The largest absolute Gasteiger partial charge is 0.342 e. The van der Waals surface area contributed by atoms with Gasteiger partial charge in [-0.25, -0.2) is 0 Å². The average molecular weight is 201 g/mol. The molecule has 1 amide bonds. The summed E-state index contributed by atoms with van der Waals surface area (Å²) in [5.41, 5.74) is 0. The molecular formula is C10H19NOS. The van der Waals surface area contributed by atoms with Crippen LogP contribution in [0.25, 0.3) is 0 Å². The van der Waals surface area contributed by atoms with Gasteiger partial charge in [-0.1, -0.05) is 6.92 Å². The van der Waals surface area contributed by atoms with Gasteiger partial charge in [-0.15, -0.1) is 0 Å². The first-order chi connectivity index (χ1) is 6.15. The Morgan fingerprint density at radius 1 is 1.38 bits per heavy atom. The highest BCUT2D eigenvalue weighted by Gasteiger charge is 2.23. The Balaban J connectivity index is 2.39. The summed E-state index contributed by atoms with van der Waals surface area (Å²) in [6.07, 6.45) is 4.85. The average Bonchev–Trinajstić information content (AvgIpc) is 2.17. The van der Waals surface area contributed by atoms with Crippen LogP contribution < -0.4 is 0 Å². The molecule has 3 heteroatoms. The van der Waals surface area contributed by atoms with E-state index < -0.39 is 0 Å². The lowest BCUT2D eigenvalue weighted by Crippen LogP contribution is -2.39. The van der Waals surface area contributed by atoms with Crippen LogP contribution in [-0.4, -0.2) is 29.6 Å². The minimum atomic E-state index is 0.155. The summed E-state index contributed by atoms with van der Waals surface area (Å²) >= 11 is 4.00. The molecule has 1 rings (SSSR count). The van der Waals surface area contributed by atoms with Gasteiger partial charge in [0.1, 0.15) is 0 Å². The summed E-state index contributed by atoms with van der Waals surface area (Å²) < 4.78 is 0. The number of amides is 1. The molecule has 13 heavy (non-hydrogen) atoms. The van der Waals surface area contributed by atoms with Crippen molar-refractivity contribution in [3.8, 4) is 0 Å². The molecule has 0 aromatic rings. The fourth-order valence-corrected chi connectivity index (χ4v) is 2.17. The SMILES string of the molecule is CC1CCC(N(C)C(=O)CS)CC1. The van der Waals surface area contributed by atoms with Crippen molar-refractivity contribution in [3.05, 3.63) is 0 Å². The summed E-state index contributed by atoms with van der Waals surface area (Å²) in [6, 6.07) is 0.468. The summed E-state index contributed by atoms with van der Waals surface area (Å²) in [5.74, 6) is 1.33. The maximum absolute atomic E-state index is 11.3. The lowest BCUT2D eigenvalue weighted by atomic mass is 9.87. The molecule has 0 heterocycles. The summed E-state index contributed by atoms with van der Waals surface area (Å²) in [5, 5.41) is 0. The van der Waals surface area contributed by atoms with Gasteiger partial charge in [0.25, 0.3) is 0 Å². The van der Waals surface area contributed by atoms with E-state index in [0.29, 0.717) is 11.8 Å². The van der Waals surface area contributed by atoms with Crippen LogP contribution in [0.5, 0.6) is 0 Å². The van der Waals surface area contributed by atoms with Gasteiger partial charge in [0, 0.05) is 13.1 Å². The van der Waals surface area contributed by atoms with Crippen LogP contribution in [0.3, 0.4) is 0 Å². The molecule has 2 nitrogen and oxygen atoms in total. The molecule has 1 saturated carbocycles. The van der Waals surface area contributed by atoms with Gasteiger partial charge in [0.15, 0.2) is 0 Å². The molecule has 76 valence electrons. The summed E-state index contributed by atoms with van der Waals surface area (Å²) in [7, 11) is 1.90. The van der Waals surface area contributed by atoms with Crippen LogP contribution >= 0.6 is 12.6 Å². The zero-order chi connectivity index (χ0) is 9.84. The Morgan fingerprint density at radius 2 is 1.92 bits per heavy atom. The Morgan fingerprint density at radius 3 is 2.38 bits per heavy atom. The quantitative estimate of drug-likeness (QED) is 0.677. The molecule has 0 aromatic heterocycles. The van der Waals surface area contributed by atoms with Crippen LogP contribution in [0, 0.1) is 5.92 Å². The second-order valence-electron chi connectivity index (χ2n) is 4.08. The molecule has 0 saturated heterocycles. The van der Waals surface area contributed by atoms with Gasteiger partial charge in [0.05, 0.1) is 5.75 Å². The number of carbonyl (C=O) groups is 1. The van der Waals surface area contributed by atoms with E-state index in [2.05, 4.69) is 19.6 Å². The van der Waals surface area contributed by atoms with E-state index in [1.807, 2.05) is 11.9 Å². The highest BCUT2D eigenvalue weighted by atomic mass is 32.1. The molecule has 0 unspecified atom stereocenters. The van der Waals surface area contributed by atoms with Crippen LogP contribution in [-0.2, 0) is 4.79 Å². The molecule has 1 aliphatic carbocycles. The normalized spacial score (nSPS) is 28.5. The van der Waals surface area contributed by atoms with E-state index in [9.17, 15) is 4.79 Å². The fourth-order valence-electron chi connectivity index (χ4n) is 1.94. The first kappa shape index (κ1) is 10.9. The van der Waals surface area contributed by atoms with Gasteiger partial charge in [-0.05, 0) is 31.6 Å². The van der Waals surface area contributed by atoms with Crippen LogP contribution in [0.1, 0.15) is 32.6 Å². The third-order valence-electron chi connectivity index (χ3n) is 3.06. The molecule has 0 aliphatic heterocycles. The van der Waals surface area contributed by atoms with Crippen LogP contribution in [0.15, 0.2) is 0 Å². The van der Waals surface area contributed by atoms with E-state index >= 15 is 0 Å². The zero-order valence-corrected chi connectivity index (χ0v) is 9.39. The number of nitrogens with zero attached hydrogens (tertiary/aromatic N) is 1. The first-order valence-corrected chi connectivity index (χ1v) is 5.65. The lowest BCUT2D eigenvalue weighted by molar-refractivity contribution is -0.129. The van der Waals surface area contributed by atoms with Crippen LogP contribution in [0.4, 0.5) is 0 Å². The number of carbonyl (C=O) groups excluding carboxylic acids is 1. The monoisotopic (exact) mass is 201 g/mol. The molecule has 0 aromatic carbocycles. The molecule has 1 aliphatic rings. The van der Waals surface area contributed by atoms with Crippen molar-refractivity contribution in [1.29, 1.82) is 0 Å². The minimum Gasteiger partial charge on any atom is -0.342 e. The van der Waals surface area contributed by atoms with Crippen molar-refractivity contribution >= 4 is 18.5 Å². The minimum absolute atomic E-state index is 0.155. The Kier molecular flexibility index (Phi) is 4.10. The molecule has 0 spiro atoms. The molecule has 1 fully saturated rings. The van der Waals surface area contributed by atoms with E-state index in [0.717, 1.165) is 18.8 Å². The van der Waals surface area contributed by atoms with E-state index in [4.69, 9.17) is 0 Å². The van der Waals surface area contributed by atoms with Crippen molar-refractivity contribution in [3.63, 3.8) is 0 Å². The summed E-state index contributed by atoms with van der Waals surface area (Å²) in [6.45, 7) is 2.29. The Labute approximate surface area is 86.1 Å². The second-order valence-corrected chi connectivity index (χ2v) is 4.39. The smallest absolute Gasteiger partial charge is 0.232 e. The van der Waals surface area contributed by atoms with E-state index in [-0.39, 0.29) is 5.91 Å². The maximum Gasteiger partial charge on any atom is 0.232 e. The lowest BCUT2D eigenvalue weighted by Gasteiger charge is -2.33. The summed E-state index contributed by atoms with van der Waals surface area (Å²) in [4.78, 5) is 13.2. The number of hydrogen-bond acceptors (Lipinski definition) is 2. The third kappa shape index (κ3) is 2.90. The van der Waals surface area contributed by atoms with Crippen molar-refractivity contribution < 1.29 is 4.79 Å². The van der Waals surface area contributed by atoms with Gasteiger partial charge in [-0.3, -0.25) is 4.79 Å². The van der Waals surface area contributed by atoms with Crippen molar-refractivity contribution in [2.45, 2.75) is 38.6 Å². The second kappa shape index (κ2) is 4.89. The molecular weight excluding hydrogens is 182 g/mol. The van der Waals surface area contributed by atoms with Gasteiger partial charge >= 0.3 is 0 Å². The van der Waals surface area contributed by atoms with Gasteiger partial charge in [-0.2, -0.15) is 12.6 Å². The molecule has 0 N–H and O–H groups in total. The van der Waals surface area contributed by atoms with Crippen molar-refractivity contribution in [2.24, 2.45) is 5.92 Å². The van der Waals surface area contributed by atoms with Gasteiger partial charge in [0.2, 0.25) is 5.91 Å². The number of hydrogen-bond donors (Lipinski definition) is 1. The Bertz CT molecular complexity index is 176.